The minimum atomic E-state index is -0.519. The molecule has 5 rings (SSSR count). The van der Waals surface area contributed by atoms with Crippen LogP contribution in [0, 0.1) is 11.3 Å². The van der Waals surface area contributed by atoms with Crippen LogP contribution in [0.5, 0.6) is 5.88 Å². The predicted molar refractivity (Wildman–Crippen MR) is 119 cm³/mol. The SMILES string of the molecule is COCCO[C@@H]1C[C@H]2COc3ccn4ncc(c4n3)-c3cc(C#N)cc(c3)NCCN2C1=O. The summed E-state index contributed by atoms with van der Waals surface area (Å²) in [6, 6.07) is 9.39. The molecule has 33 heavy (non-hydrogen) atoms. The van der Waals surface area contributed by atoms with Crippen molar-refractivity contribution in [1.82, 2.24) is 19.5 Å². The Hall–Kier alpha value is -3.68. The standard InChI is InChI=1S/C23H24N6O4/c1-31-6-7-32-20-11-18-14-33-21-2-4-29-22(27-21)19(13-26-29)16-8-15(12-24)9-17(10-16)25-3-5-28(18)23(20)30/h2,4,8-10,13,18,20,25H,3,5-7,11,14H2,1H3/t18-,20+/m0/s1. The smallest absolute Gasteiger partial charge is 0.252 e. The highest BCUT2D eigenvalue weighted by atomic mass is 16.5. The van der Waals surface area contributed by atoms with Crippen LogP contribution in [0.15, 0.2) is 36.7 Å². The number of hydrogen-bond acceptors (Lipinski definition) is 8. The van der Waals surface area contributed by atoms with Crippen molar-refractivity contribution in [2.45, 2.75) is 18.6 Å². The van der Waals surface area contributed by atoms with Gasteiger partial charge >= 0.3 is 0 Å². The van der Waals surface area contributed by atoms with Gasteiger partial charge in [0, 0.05) is 50.1 Å². The number of fused-ring (bicyclic) bond motifs is 5. The van der Waals surface area contributed by atoms with Crippen molar-refractivity contribution >= 4 is 17.2 Å². The number of carbonyl (C=O) groups is 1. The van der Waals surface area contributed by atoms with E-state index in [0.29, 0.717) is 56.4 Å². The number of methoxy groups -OCH3 is 1. The van der Waals surface area contributed by atoms with Crippen LogP contribution in [-0.4, -0.2) is 77.6 Å². The average Bonchev–Trinajstić information content (AvgIpc) is 3.38. The molecule has 2 aliphatic heterocycles. The number of nitrogens with one attached hydrogen (secondary N) is 1. The van der Waals surface area contributed by atoms with Gasteiger partial charge in [0.25, 0.3) is 5.91 Å². The Bertz CT molecular complexity index is 1220. The predicted octanol–water partition coefficient (Wildman–Crippen LogP) is 1.70. The maximum absolute atomic E-state index is 13.0. The number of nitrogens with zero attached hydrogens (tertiary/aromatic N) is 5. The van der Waals surface area contributed by atoms with Crippen molar-refractivity contribution in [3.8, 4) is 23.1 Å². The molecule has 2 atom stereocenters. The first-order chi connectivity index (χ1) is 16.2. The fourth-order valence-electron chi connectivity index (χ4n) is 4.29. The molecular weight excluding hydrogens is 424 g/mol. The Morgan fingerprint density at radius 3 is 3.09 bits per heavy atom. The zero-order valence-electron chi connectivity index (χ0n) is 18.2. The van der Waals surface area contributed by atoms with E-state index in [4.69, 9.17) is 14.2 Å². The minimum absolute atomic E-state index is 0.0541. The second-order valence-corrected chi connectivity index (χ2v) is 8.01. The van der Waals surface area contributed by atoms with Gasteiger partial charge in [-0.05, 0) is 23.8 Å². The third-order valence-corrected chi connectivity index (χ3v) is 5.91. The minimum Gasteiger partial charge on any atom is -0.475 e. The van der Waals surface area contributed by atoms with Gasteiger partial charge < -0.3 is 24.4 Å². The van der Waals surface area contributed by atoms with E-state index in [1.165, 1.54) is 0 Å². The third kappa shape index (κ3) is 4.20. The fraction of sp³-hybridized carbons (Fsp3) is 0.391. The molecule has 0 saturated carbocycles. The molecule has 1 N–H and O–H groups in total. The van der Waals surface area contributed by atoms with Crippen molar-refractivity contribution < 1.29 is 19.0 Å². The first-order valence-corrected chi connectivity index (χ1v) is 10.8. The van der Waals surface area contributed by atoms with Crippen LogP contribution in [0.1, 0.15) is 12.0 Å². The Morgan fingerprint density at radius 1 is 1.33 bits per heavy atom. The van der Waals surface area contributed by atoms with Gasteiger partial charge in [-0.1, -0.05) is 0 Å². The zero-order chi connectivity index (χ0) is 22.8. The van der Waals surface area contributed by atoms with E-state index >= 15 is 0 Å². The summed E-state index contributed by atoms with van der Waals surface area (Å²) >= 11 is 0. The quantitative estimate of drug-likeness (QED) is 0.600. The van der Waals surface area contributed by atoms with Gasteiger partial charge in [-0.15, -0.1) is 0 Å². The van der Waals surface area contributed by atoms with Crippen molar-refractivity contribution in [3.63, 3.8) is 0 Å². The molecule has 4 heterocycles. The Labute approximate surface area is 190 Å². The summed E-state index contributed by atoms with van der Waals surface area (Å²) in [4.78, 5) is 19.5. The van der Waals surface area contributed by atoms with Crippen LogP contribution in [-0.2, 0) is 14.3 Å². The van der Waals surface area contributed by atoms with E-state index in [1.807, 2.05) is 12.1 Å². The van der Waals surface area contributed by atoms with E-state index in [-0.39, 0.29) is 11.9 Å². The summed E-state index contributed by atoms with van der Waals surface area (Å²) < 4.78 is 18.5. The monoisotopic (exact) mass is 448 g/mol. The molecule has 2 aromatic heterocycles. The van der Waals surface area contributed by atoms with E-state index in [2.05, 4.69) is 21.5 Å². The van der Waals surface area contributed by atoms with Gasteiger partial charge in [0.2, 0.25) is 5.88 Å². The molecule has 10 nitrogen and oxygen atoms in total. The summed E-state index contributed by atoms with van der Waals surface area (Å²) in [5.41, 5.74) is 3.59. The summed E-state index contributed by atoms with van der Waals surface area (Å²) in [5.74, 6) is 0.397. The second-order valence-electron chi connectivity index (χ2n) is 8.01. The Morgan fingerprint density at radius 2 is 2.24 bits per heavy atom. The van der Waals surface area contributed by atoms with Crippen LogP contribution in [0.25, 0.3) is 16.8 Å². The fourth-order valence-corrected chi connectivity index (χ4v) is 4.29. The van der Waals surface area contributed by atoms with Crippen LogP contribution in [0.2, 0.25) is 0 Å². The first-order valence-electron chi connectivity index (χ1n) is 10.8. The molecule has 3 aromatic rings. The number of benzene rings is 1. The van der Waals surface area contributed by atoms with Crippen LogP contribution in [0.4, 0.5) is 5.69 Å². The van der Waals surface area contributed by atoms with E-state index in [0.717, 1.165) is 16.8 Å². The molecule has 0 spiro atoms. The molecule has 2 aliphatic rings. The van der Waals surface area contributed by atoms with Crippen molar-refractivity contribution in [2.24, 2.45) is 0 Å². The lowest BCUT2D eigenvalue weighted by molar-refractivity contribution is -0.138. The number of amides is 1. The largest absolute Gasteiger partial charge is 0.475 e. The number of hydrogen-bond donors (Lipinski definition) is 1. The van der Waals surface area contributed by atoms with E-state index in [9.17, 15) is 10.1 Å². The first kappa shape index (κ1) is 21.2. The number of nitriles is 1. The molecule has 1 amide bonds. The lowest BCUT2D eigenvalue weighted by atomic mass is 10.0. The van der Waals surface area contributed by atoms with Gasteiger partial charge in [-0.2, -0.15) is 15.3 Å². The molecule has 1 saturated heterocycles. The molecule has 170 valence electrons. The van der Waals surface area contributed by atoms with Crippen LogP contribution in [0.3, 0.4) is 0 Å². The molecule has 1 fully saturated rings. The number of ether oxygens (including phenoxy) is 3. The van der Waals surface area contributed by atoms with E-state index < -0.39 is 6.10 Å². The number of rotatable bonds is 4. The summed E-state index contributed by atoms with van der Waals surface area (Å²) in [7, 11) is 1.60. The van der Waals surface area contributed by atoms with E-state index in [1.54, 1.807) is 41.1 Å². The maximum atomic E-state index is 13.0. The highest BCUT2D eigenvalue weighted by Gasteiger charge is 2.40. The number of carbonyl (C=O) groups excluding carboxylic acids is 1. The van der Waals surface area contributed by atoms with Gasteiger partial charge in [0.05, 0.1) is 37.1 Å². The third-order valence-electron chi connectivity index (χ3n) is 5.91. The average molecular weight is 448 g/mol. The zero-order valence-corrected chi connectivity index (χ0v) is 18.2. The molecule has 1 aromatic carbocycles. The Kier molecular flexibility index (Phi) is 5.81. The van der Waals surface area contributed by atoms with Gasteiger partial charge in [0.1, 0.15) is 12.7 Å². The molecule has 10 heteroatoms. The highest BCUT2D eigenvalue weighted by molar-refractivity contribution is 5.84. The highest BCUT2D eigenvalue weighted by Crippen LogP contribution is 2.29. The summed E-state index contributed by atoms with van der Waals surface area (Å²) in [6.45, 7) is 2.11. The van der Waals surface area contributed by atoms with Crippen molar-refractivity contribution in [3.05, 3.63) is 42.2 Å². The van der Waals surface area contributed by atoms with Gasteiger partial charge in [-0.3, -0.25) is 4.79 Å². The molecule has 0 unspecified atom stereocenters. The normalized spacial score (nSPS) is 20.1. The second kappa shape index (κ2) is 9.05. The van der Waals surface area contributed by atoms with Crippen LogP contribution < -0.4 is 10.1 Å². The number of anilines is 1. The molecule has 0 aliphatic carbocycles. The maximum Gasteiger partial charge on any atom is 0.252 e. The van der Waals surface area contributed by atoms with Crippen molar-refractivity contribution in [1.29, 1.82) is 5.26 Å². The number of aromatic nitrogens is 3. The Balaban J connectivity index is 1.49. The topological polar surface area (TPSA) is 114 Å². The molecular formula is C23H24N6O4. The van der Waals surface area contributed by atoms with Gasteiger partial charge in [0.15, 0.2) is 5.65 Å². The lowest BCUT2D eigenvalue weighted by Crippen LogP contribution is -2.41. The van der Waals surface area contributed by atoms with Crippen LogP contribution >= 0.6 is 0 Å². The van der Waals surface area contributed by atoms with Gasteiger partial charge in [-0.25, -0.2) is 4.52 Å². The summed E-state index contributed by atoms with van der Waals surface area (Å²) in [6.07, 6.45) is 3.54. The molecule has 0 radical (unpaired) electrons. The lowest BCUT2D eigenvalue weighted by Gasteiger charge is -2.25. The van der Waals surface area contributed by atoms with Crippen molar-refractivity contribution in [2.75, 3.05) is 45.3 Å². The summed E-state index contributed by atoms with van der Waals surface area (Å²) in [5, 5.41) is 17.3. The molecule has 4 bridgehead atoms.